The molecule has 2 N–H and O–H groups in total. The van der Waals surface area contributed by atoms with Crippen LogP contribution >= 0.6 is 0 Å². The van der Waals surface area contributed by atoms with Crippen LogP contribution in [-0.4, -0.2) is 17.9 Å². The van der Waals surface area contributed by atoms with Gasteiger partial charge < -0.3 is 15.0 Å². The number of nitrogen functional groups attached to an aromatic ring is 1. The molecule has 1 aromatic heterocycles. The van der Waals surface area contributed by atoms with Gasteiger partial charge in [-0.1, -0.05) is 35.0 Å². The quantitative estimate of drug-likeness (QED) is 0.930. The van der Waals surface area contributed by atoms with E-state index >= 15 is 0 Å². The predicted molar refractivity (Wildman–Crippen MR) is 83.0 cm³/mol. The molecule has 2 aromatic rings. The number of hydrogen-bond donors (Lipinski definition) is 1. The molecule has 0 spiro atoms. The van der Waals surface area contributed by atoms with Gasteiger partial charge in [0, 0.05) is 6.61 Å². The van der Waals surface area contributed by atoms with Crippen LogP contribution in [0.3, 0.4) is 0 Å². The molecule has 1 unspecified atom stereocenters. The Bertz CT molecular complexity index is 583. The summed E-state index contributed by atoms with van der Waals surface area (Å²) in [6.07, 6.45) is 5.76. The molecule has 4 nitrogen and oxygen atoms in total. The van der Waals surface area contributed by atoms with Gasteiger partial charge in [-0.15, -0.1) is 0 Å². The topological polar surface area (TPSA) is 61.3 Å². The summed E-state index contributed by atoms with van der Waals surface area (Å²) in [5.41, 5.74) is 10.1. The zero-order chi connectivity index (χ0) is 14.7. The van der Waals surface area contributed by atoms with Crippen LogP contribution in [0.5, 0.6) is 0 Å². The highest BCUT2D eigenvalue weighted by Gasteiger charge is 2.19. The Hall–Kier alpha value is -1.81. The smallest absolute Gasteiger partial charge is 0.230 e. The van der Waals surface area contributed by atoms with E-state index < -0.39 is 0 Å². The summed E-state index contributed by atoms with van der Waals surface area (Å²) in [5, 5.41) is 4.14. The number of rotatable bonds is 4. The van der Waals surface area contributed by atoms with Crippen LogP contribution in [-0.2, 0) is 11.2 Å². The van der Waals surface area contributed by atoms with Gasteiger partial charge in [-0.2, -0.15) is 0 Å². The molecule has 1 atom stereocenters. The number of benzene rings is 1. The summed E-state index contributed by atoms with van der Waals surface area (Å²) in [4.78, 5) is 0. The molecular formula is C17H22N2O2. The van der Waals surface area contributed by atoms with Gasteiger partial charge in [-0.3, -0.25) is 0 Å². The molecular weight excluding hydrogens is 264 g/mol. The monoisotopic (exact) mass is 286 g/mol. The third kappa shape index (κ3) is 3.27. The maximum absolute atomic E-state index is 5.96. The second kappa shape index (κ2) is 6.31. The van der Waals surface area contributed by atoms with E-state index in [2.05, 4.69) is 36.3 Å². The zero-order valence-electron chi connectivity index (χ0n) is 12.5. The summed E-state index contributed by atoms with van der Waals surface area (Å²) >= 11 is 0. The number of aromatic nitrogens is 1. The average Bonchev–Trinajstić information content (AvgIpc) is 2.88. The first-order valence-electron chi connectivity index (χ1n) is 7.66. The Morgan fingerprint density at radius 2 is 2.05 bits per heavy atom. The van der Waals surface area contributed by atoms with E-state index in [-0.39, 0.29) is 0 Å². The summed E-state index contributed by atoms with van der Waals surface area (Å²) < 4.78 is 11.0. The number of anilines is 1. The van der Waals surface area contributed by atoms with Crippen molar-refractivity contribution in [2.75, 3.05) is 12.3 Å². The van der Waals surface area contributed by atoms with E-state index in [9.17, 15) is 0 Å². The molecule has 1 aliphatic rings. The molecule has 112 valence electrons. The molecule has 0 saturated carbocycles. The second-order valence-electron chi connectivity index (χ2n) is 5.76. The lowest BCUT2D eigenvalue weighted by Gasteiger charge is -2.22. The van der Waals surface area contributed by atoms with Crippen molar-refractivity contribution in [2.45, 2.75) is 45.1 Å². The fourth-order valence-electron chi connectivity index (χ4n) is 2.87. The van der Waals surface area contributed by atoms with Crippen LogP contribution < -0.4 is 5.73 Å². The molecule has 4 heteroatoms. The lowest BCUT2D eigenvalue weighted by atomic mass is 9.99. The highest BCUT2D eigenvalue weighted by atomic mass is 16.5. The first kappa shape index (κ1) is 14.1. The number of ether oxygens (including phenoxy) is 1. The van der Waals surface area contributed by atoms with Crippen LogP contribution in [0.15, 0.2) is 28.8 Å². The van der Waals surface area contributed by atoms with Crippen molar-refractivity contribution < 1.29 is 9.26 Å². The minimum atomic E-state index is 0.350. The van der Waals surface area contributed by atoms with Crippen molar-refractivity contribution in [3.05, 3.63) is 35.5 Å². The fraction of sp³-hybridized carbons (Fsp3) is 0.471. The molecule has 3 rings (SSSR count). The SMILES string of the molecule is Cc1ccc(-c2c(CCC3CCCCO3)noc2N)cc1. The highest BCUT2D eigenvalue weighted by Crippen LogP contribution is 2.31. The van der Waals surface area contributed by atoms with Crippen molar-refractivity contribution in [1.82, 2.24) is 5.16 Å². The maximum Gasteiger partial charge on any atom is 0.230 e. The van der Waals surface area contributed by atoms with Crippen LogP contribution in [0, 0.1) is 6.92 Å². The second-order valence-corrected chi connectivity index (χ2v) is 5.76. The Labute approximate surface area is 125 Å². The van der Waals surface area contributed by atoms with Gasteiger partial charge in [-0.05, 0) is 44.6 Å². The maximum atomic E-state index is 5.96. The van der Waals surface area contributed by atoms with Crippen molar-refractivity contribution in [3.8, 4) is 11.1 Å². The fourth-order valence-corrected chi connectivity index (χ4v) is 2.87. The molecule has 0 aliphatic carbocycles. The van der Waals surface area contributed by atoms with E-state index in [0.29, 0.717) is 12.0 Å². The van der Waals surface area contributed by atoms with Gasteiger partial charge >= 0.3 is 0 Å². The minimum absolute atomic E-state index is 0.350. The normalized spacial score (nSPS) is 18.8. The highest BCUT2D eigenvalue weighted by molar-refractivity contribution is 5.75. The Balaban J connectivity index is 1.75. The van der Waals surface area contributed by atoms with Crippen molar-refractivity contribution >= 4 is 5.88 Å². The number of hydrogen-bond acceptors (Lipinski definition) is 4. The molecule has 0 radical (unpaired) electrons. The van der Waals surface area contributed by atoms with Crippen molar-refractivity contribution in [3.63, 3.8) is 0 Å². The Morgan fingerprint density at radius 1 is 1.24 bits per heavy atom. The average molecular weight is 286 g/mol. The van der Waals surface area contributed by atoms with Crippen LogP contribution in [0.25, 0.3) is 11.1 Å². The Kier molecular flexibility index (Phi) is 4.25. The number of nitrogens with zero attached hydrogens (tertiary/aromatic N) is 1. The van der Waals surface area contributed by atoms with Gasteiger partial charge in [0.1, 0.15) is 0 Å². The molecule has 0 amide bonds. The predicted octanol–water partition coefficient (Wildman–Crippen LogP) is 3.73. The molecule has 1 saturated heterocycles. The van der Waals surface area contributed by atoms with Crippen molar-refractivity contribution in [1.29, 1.82) is 0 Å². The molecule has 21 heavy (non-hydrogen) atoms. The summed E-state index contributed by atoms with van der Waals surface area (Å²) in [5.74, 6) is 0.401. The standard InChI is InChI=1S/C17H22N2O2/c1-12-5-7-13(8-6-12)16-15(19-21-17(16)18)10-9-14-4-2-3-11-20-14/h5-8,14H,2-4,9-11,18H2,1H3. The van der Waals surface area contributed by atoms with Gasteiger partial charge in [0.15, 0.2) is 0 Å². The van der Waals surface area contributed by atoms with E-state index in [4.69, 9.17) is 15.0 Å². The van der Waals surface area contributed by atoms with E-state index in [1.54, 1.807) is 0 Å². The molecule has 1 aromatic carbocycles. The third-order valence-corrected chi connectivity index (χ3v) is 4.11. The van der Waals surface area contributed by atoms with Crippen LogP contribution in [0.2, 0.25) is 0 Å². The van der Waals surface area contributed by atoms with Gasteiger partial charge in [0.05, 0.1) is 17.4 Å². The zero-order valence-corrected chi connectivity index (χ0v) is 12.5. The van der Waals surface area contributed by atoms with Gasteiger partial charge in [0.25, 0.3) is 0 Å². The molecule has 0 bridgehead atoms. The van der Waals surface area contributed by atoms with Crippen molar-refractivity contribution in [2.24, 2.45) is 0 Å². The summed E-state index contributed by atoms with van der Waals surface area (Å²) in [6.45, 7) is 2.96. The lowest BCUT2D eigenvalue weighted by Crippen LogP contribution is -2.19. The first-order valence-corrected chi connectivity index (χ1v) is 7.66. The molecule has 1 aliphatic heterocycles. The van der Waals surface area contributed by atoms with Gasteiger partial charge in [0.2, 0.25) is 5.88 Å². The van der Waals surface area contributed by atoms with E-state index in [1.165, 1.54) is 18.4 Å². The molecule has 2 heterocycles. The van der Waals surface area contributed by atoms with Crippen LogP contribution in [0.4, 0.5) is 5.88 Å². The minimum Gasteiger partial charge on any atom is -0.378 e. The lowest BCUT2D eigenvalue weighted by molar-refractivity contribution is 0.0113. The summed E-state index contributed by atoms with van der Waals surface area (Å²) in [6, 6.07) is 8.29. The van der Waals surface area contributed by atoms with E-state index in [0.717, 1.165) is 42.7 Å². The largest absolute Gasteiger partial charge is 0.378 e. The molecule has 1 fully saturated rings. The first-order chi connectivity index (χ1) is 10.2. The Morgan fingerprint density at radius 3 is 2.76 bits per heavy atom. The van der Waals surface area contributed by atoms with Gasteiger partial charge in [-0.25, -0.2) is 0 Å². The van der Waals surface area contributed by atoms with Crippen LogP contribution in [0.1, 0.15) is 36.9 Å². The third-order valence-electron chi connectivity index (χ3n) is 4.11. The van der Waals surface area contributed by atoms with E-state index in [1.807, 2.05) is 0 Å². The number of nitrogens with two attached hydrogens (primary N) is 1. The summed E-state index contributed by atoms with van der Waals surface area (Å²) in [7, 11) is 0. The number of aryl methyl sites for hydroxylation is 2.